The largest absolute Gasteiger partial charge is 0.508 e. The van der Waals surface area contributed by atoms with Crippen LogP contribution in [0.5, 0.6) is 5.75 Å². The highest BCUT2D eigenvalue weighted by Gasteiger charge is 2.33. The summed E-state index contributed by atoms with van der Waals surface area (Å²) in [5.41, 5.74) is 3.99. The van der Waals surface area contributed by atoms with Crippen molar-refractivity contribution in [2.75, 3.05) is 4.90 Å². The number of aryl methyl sites for hydroxylation is 1. The molecule has 0 fully saturated rings. The second kappa shape index (κ2) is 8.70. The van der Waals surface area contributed by atoms with Gasteiger partial charge in [-0.05, 0) is 59.9 Å². The molecule has 0 saturated carbocycles. The molecule has 1 aliphatic heterocycles. The molecule has 3 aromatic carbocycles. The van der Waals surface area contributed by atoms with Crippen LogP contribution in [0.25, 0.3) is 6.08 Å². The fourth-order valence-corrected chi connectivity index (χ4v) is 3.82. The van der Waals surface area contributed by atoms with Crippen LogP contribution < -0.4 is 4.90 Å². The van der Waals surface area contributed by atoms with Crippen LogP contribution in [-0.2, 0) is 4.79 Å². The Balaban J connectivity index is 1.89. The van der Waals surface area contributed by atoms with Gasteiger partial charge in [0.2, 0.25) is 0 Å². The van der Waals surface area contributed by atoms with Gasteiger partial charge in [-0.3, -0.25) is 19.8 Å². The van der Waals surface area contributed by atoms with Crippen molar-refractivity contribution in [3.8, 4) is 5.75 Å². The molecule has 0 spiro atoms. The molecule has 0 atom stereocenters. The number of amides is 1. The molecule has 1 N–H and O–H groups in total. The molecular weight excluding hydrogens is 418 g/mol. The van der Waals surface area contributed by atoms with Crippen LogP contribution in [0, 0.1) is 17.0 Å². The highest BCUT2D eigenvalue weighted by Crippen LogP contribution is 2.37. The van der Waals surface area contributed by atoms with Gasteiger partial charge in [-0.25, -0.2) is 0 Å². The van der Waals surface area contributed by atoms with E-state index in [9.17, 15) is 20.0 Å². The predicted molar refractivity (Wildman–Crippen MR) is 128 cm³/mol. The fourth-order valence-electron chi connectivity index (χ4n) is 3.82. The molecule has 0 aromatic heterocycles. The minimum Gasteiger partial charge on any atom is -0.508 e. The monoisotopic (exact) mass is 441 g/mol. The number of nitrogens with zero attached hydrogens (tertiary/aromatic N) is 3. The Hall–Kier alpha value is -4.26. The smallest absolute Gasteiger partial charge is 0.296 e. The molecule has 0 bridgehead atoms. The van der Waals surface area contributed by atoms with Crippen molar-refractivity contribution in [2.24, 2.45) is 4.99 Å². The molecule has 166 valence electrons. The Morgan fingerprint density at radius 2 is 1.73 bits per heavy atom. The molecule has 7 heteroatoms. The topological polar surface area (TPSA) is 96.0 Å². The van der Waals surface area contributed by atoms with E-state index in [0.29, 0.717) is 17.1 Å². The Morgan fingerprint density at radius 3 is 2.33 bits per heavy atom. The highest BCUT2D eigenvalue weighted by atomic mass is 16.6. The molecule has 0 unspecified atom stereocenters. The van der Waals surface area contributed by atoms with E-state index in [1.807, 2.05) is 57.2 Å². The van der Waals surface area contributed by atoms with Crippen molar-refractivity contribution >= 4 is 29.2 Å². The summed E-state index contributed by atoms with van der Waals surface area (Å²) in [6, 6.07) is 19.0. The van der Waals surface area contributed by atoms with Crippen LogP contribution in [0.15, 0.2) is 77.4 Å². The van der Waals surface area contributed by atoms with Crippen molar-refractivity contribution in [1.82, 2.24) is 0 Å². The molecule has 7 nitrogen and oxygen atoms in total. The summed E-state index contributed by atoms with van der Waals surface area (Å²) in [6.07, 6.45) is 1.67. The van der Waals surface area contributed by atoms with Gasteiger partial charge >= 0.3 is 0 Å². The zero-order valence-corrected chi connectivity index (χ0v) is 18.5. The van der Waals surface area contributed by atoms with Crippen LogP contribution in [0.1, 0.15) is 42.0 Å². The van der Waals surface area contributed by atoms with E-state index in [1.54, 1.807) is 29.2 Å². The van der Waals surface area contributed by atoms with E-state index in [1.165, 1.54) is 12.1 Å². The lowest BCUT2D eigenvalue weighted by Crippen LogP contribution is -2.28. The summed E-state index contributed by atoms with van der Waals surface area (Å²) in [7, 11) is 0. The third kappa shape index (κ3) is 4.25. The average Bonchev–Trinajstić information content (AvgIpc) is 3.10. The number of benzene rings is 3. The number of nitro benzene ring substituents is 1. The molecule has 0 radical (unpaired) electrons. The molecule has 1 heterocycles. The summed E-state index contributed by atoms with van der Waals surface area (Å²) < 4.78 is 0. The number of aliphatic imine (C=N–C) groups is 1. The van der Waals surface area contributed by atoms with Crippen molar-refractivity contribution < 1.29 is 14.8 Å². The summed E-state index contributed by atoms with van der Waals surface area (Å²) in [4.78, 5) is 29.7. The maximum Gasteiger partial charge on any atom is 0.296 e. The van der Waals surface area contributed by atoms with Gasteiger partial charge in [0.1, 0.15) is 17.3 Å². The van der Waals surface area contributed by atoms with Gasteiger partial charge in [0.05, 0.1) is 10.6 Å². The summed E-state index contributed by atoms with van der Waals surface area (Å²) >= 11 is 0. The number of non-ortho nitro benzene ring substituents is 1. The number of anilines is 1. The average molecular weight is 441 g/mol. The van der Waals surface area contributed by atoms with E-state index in [0.717, 1.165) is 22.4 Å². The number of hydrogen-bond donors (Lipinski definition) is 1. The van der Waals surface area contributed by atoms with Crippen LogP contribution in [0.2, 0.25) is 0 Å². The summed E-state index contributed by atoms with van der Waals surface area (Å²) in [5, 5.41) is 21.4. The molecular formula is C26H23N3O4. The molecule has 1 aliphatic rings. The van der Waals surface area contributed by atoms with Gasteiger partial charge in [-0.15, -0.1) is 0 Å². The lowest BCUT2D eigenvalue weighted by atomic mass is 9.98. The van der Waals surface area contributed by atoms with Crippen molar-refractivity contribution in [2.45, 2.75) is 26.7 Å². The number of amidine groups is 1. The summed E-state index contributed by atoms with van der Waals surface area (Å²) in [6.45, 7) is 5.85. The van der Waals surface area contributed by atoms with E-state index in [-0.39, 0.29) is 17.4 Å². The third-order valence-electron chi connectivity index (χ3n) is 5.53. The van der Waals surface area contributed by atoms with Gasteiger partial charge in [0.15, 0.2) is 0 Å². The first-order valence-electron chi connectivity index (χ1n) is 10.5. The predicted octanol–water partition coefficient (Wildman–Crippen LogP) is 5.57. The van der Waals surface area contributed by atoms with E-state index in [4.69, 9.17) is 0 Å². The van der Waals surface area contributed by atoms with Crippen LogP contribution in [0.4, 0.5) is 11.4 Å². The lowest BCUT2D eigenvalue weighted by molar-refractivity contribution is -0.384. The minimum atomic E-state index is -0.464. The van der Waals surface area contributed by atoms with Gasteiger partial charge < -0.3 is 5.11 Å². The van der Waals surface area contributed by atoms with Crippen LogP contribution >= 0.6 is 0 Å². The number of carbonyl (C=O) groups excluding carboxylic acids is 1. The number of rotatable bonds is 5. The first-order valence-corrected chi connectivity index (χ1v) is 10.5. The fraction of sp³-hybridized carbons (Fsp3) is 0.154. The maximum atomic E-state index is 13.1. The number of phenols is 1. The number of aromatic hydroxyl groups is 1. The lowest BCUT2D eigenvalue weighted by Gasteiger charge is -2.25. The van der Waals surface area contributed by atoms with Crippen molar-refractivity contribution in [3.05, 3.63) is 105 Å². The standard InChI is InChI=1S/C26H23N3O4/c1-16(2)21-15-22(17(3)13-24(21)30)28-23(14-18-9-11-20(12-10-18)29(32)33)26(31)27-25(28)19-7-5-4-6-8-19/h4-16,30H,1-3H3/b23-14-. The quantitative estimate of drug-likeness (QED) is 0.317. The highest BCUT2D eigenvalue weighted by molar-refractivity contribution is 6.28. The van der Waals surface area contributed by atoms with Gasteiger partial charge in [0.25, 0.3) is 11.6 Å². The molecule has 33 heavy (non-hydrogen) atoms. The normalized spacial score (nSPS) is 14.8. The first-order chi connectivity index (χ1) is 15.8. The van der Waals surface area contributed by atoms with Crippen LogP contribution in [0.3, 0.4) is 0 Å². The number of hydrogen-bond acceptors (Lipinski definition) is 5. The second-order valence-corrected chi connectivity index (χ2v) is 8.17. The van der Waals surface area contributed by atoms with Gasteiger partial charge in [0, 0.05) is 17.7 Å². The number of phenolic OH excluding ortho intramolecular Hbond substituents is 1. The third-order valence-corrected chi connectivity index (χ3v) is 5.53. The van der Waals surface area contributed by atoms with Gasteiger partial charge in [-0.1, -0.05) is 44.2 Å². The zero-order chi connectivity index (χ0) is 23.7. The Bertz CT molecular complexity index is 1290. The Morgan fingerprint density at radius 1 is 1.06 bits per heavy atom. The second-order valence-electron chi connectivity index (χ2n) is 8.17. The SMILES string of the molecule is Cc1cc(O)c(C(C)C)cc1N1C(c2ccccc2)=NC(=O)/C1=C/c1ccc([N+](=O)[O-])cc1. The minimum absolute atomic E-state index is 0.0241. The molecule has 0 aliphatic carbocycles. The van der Waals surface area contributed by atoms with Crippen LogP contribution in [-0.4, -0.2) is 21.8 Å². The van der Waals surface area contributed by atoms with Crippen molar-refractivity contribution in [1.29, 1.82) is 0 Å². The van der Waals surface area contributed by atoms with E-state index >= 15 is 0 Å². The number of nitro groups is 1. The van der Waals surface area contributed by atoms with Crippen molar-refractivity contribution in [3.63, 3.8) is 0 Å². The zero-order valence-electron chi connectivity index (χ0n) is 18.5. The Labute approximate surface area is 191 Å². The summed E-state index contributed by atoms with van der Waals surface area (Å²) in [5.74, 6) is 0.348. The van der Waals surface area contributed by atoms with Gasteiger partial charge in [-0.2, -0.15) is 4.99 Å². The molecule has 1 amide bonds. The first kappa shape index (κ1) is 22.0. The van der Waals surface area contributed by atoms with E-state index in [2.05, 4.69) is 4.99 Å². The maximum absolute atomic E-state index is 13.1. The molecule has 3 aromatic rings. The van der Waals surface area contributed by atoms with E-state index < -0.39 is 10.8 Å². The molecule has 4 rings (SSSR count). The Kier molecular flexibility index (Phi) is 5.79. The number of carbonyl (C=O) groups is 1. The molecule has 0 saturated heterocycles.